The summed E-state index contributed by atoms with van der Waals surface area (Å²) < 4.78 is 0. The Bertz CT molecular complexity index is 211. The van der Waals surface area contributed by atoms with Crippen molar-refractivity contribution in [2.45, 2.75) is 37.7 Å². The van der Waals surface area contributed by atoms with Gasteiger partial charge in [0.15, 0.2) is 0 Å². The fourth-order valence-corrected chi connectivity index (χ4v) is 2.06. The number of hydrogen-bond acceptors (Lipinski definition) is 3. The van der Waals surface area contributed by atoms with Crippen molar-refractivity contribution in [3.8, 4) is 0 Å². The van der Waals surface area contributed by atoms with Crippen LogP contribution in [0.2, 0.25) is 0 Å². The molecule has 4 nitrogen and oxygen atoms in total. The van der Waals surface area contributed by atoms with E-state index in [1.165, 1.54) is 0 Å². The summed E-state index contributed by atoms with van der Waals surface area (Å²) in [6.07, 6.45) is 4.68. The maximum absolute atomic E-state index is 11.3. The van der Waals surface area contributed by atoms with E-state index in [-0.39, 0.29) is 5.91 Å². The van der Waals surface area contributed by atoms with Crippen LogP contribution in [0, 0.1) is 0 Å². The molecule has 1 rings (SSSR count). The first kappa shape index (κ1) is 12.5. The third-order valence-corrected chi connectivity index (χ3v) is 2.91. The fraction of sp³-hybridized carbons (Fsp3) is 0.909. The van der Waals surface area contributed by atoms with Crippen molar-refractivity contribution >= 4 is 5.91 Å². The first-order valence-electron chi connectivity index (χ1n) is 5.66. The van der Waals surface area contributed by atoms with Crippen LogP contribution in [0.3, 0.4) is 0 Å². The van der Waals surface area contributed by atoms with Gasteiger partial charge in [0.05, 0.1) is 12.1 Å². The first-order chi connectivity index (χ1) is 7.02. The Morgan fingerprint density at radius 3 is 2.53 bits per heavy atom. The summed E-state index contributed by atoms with van der Waals surface area (Å²) in [5.74, 6) is 0.0293. The van der Waals surface area contributed by atoms with Crippen molar-refractivity contribution < 1.29 is 9.90 Å². The molecule has 15 heavy (non-hydrogen) atoms. The summed E-state index contributed by atoms with van der Waals surface area (Å²) in [5, 5.41) is 12.8. The second-order valence-corrected chi connectivity index (χ2v) is 4.77. The van der Waals surface area contributed by atoms with Crippen LogP contribution in [-0.2, 0) is 4.79 Å². The SMILES string of the molecule is CN(C)CC(=O)NCCC1(O)CCCC1. The van der Waals surface area contributed by atoms with Crippen molar-refractivity contribution in [3.05, 3.63) is 0 Å². The van der Waals surface area contributed by atoms with Crippen LogP contribution in [0.15, 0.2) is 0 Å². The Labute approximate surface area is 91.6 Å². The summed E-state index contributed by atoms with van der Waals surface area (Å²) in [6.45, 7) is 1.00. The van der Waals surface area contributed by atoms with Crippen LogP contribution in [0.1, 0.15) is 32.1 Å². The highest BCUT2D eigenvalue weighted by molar-refractivity contribution is 5.77. The van der Waals surface area contributed by atoms with E-state index in [0.29, 0.717) is 19.5 Å². The van der Waals surface area contributed by atoms with Gasteiger partial charge in [-0.15, -0.1) is 0 Å². The predicted octanol–water partition coefficient (Wildman–Crippen LogP) is 0.359. The minimum Gasteiger partial charge on any atom is -0.390 e. The van der Waals surface area contributed by atoms with E-state index in [1.807, 2.05) is 19.0 Å². The van der Waals surface area contributed by atoms with Gasteiger partial charge in [-0.3, -0.25) is 4.79 Å². The van der Waals surface area contributed by atoms with Gasteiger partial charge in [0.1, 0.15) is 0 Å². The van der Waals surface area contributed by atoms with Crippen molar-refractivity contribution in [2.75, 3.05) is 27.2 Å². The number of nitrogens with zero attached hydrogens (tertiary/aromatic N) is 1. The van der Waals surface area contributed by atoms with E-state index < -0.39 is 5.60 Å². The highest BCUT2D eigenvalue weighted by atomic mass is 16.3. The molecule has 1 aliphatic rings. The Hall–Kier alpha value is -0.610. The molecule has 1 amide bonds. The van der Waals surface area contributed by atoms with E-state index in [2.05, 4.69) is 5.32 Å². The Morgan fingerprint density at radius 1 is 1.40 bits per heavy atom. The van der Waals surface area contributed by atoms with Gasteiger partial charge in [0, 0.05) is 6.54 Å². The lowest BCUT2D eigenvalue weighted by Gasteiger charge is -2.22. The second kappa shape index (κ2) is 5.47. The normalized spacial score (nSPS) is 19.5. The van der Waals surface area contributed by atoms with Crippen molar-refractivity contribution in [1.29, 1.82) is 0 Å². The van der Waals surface area contributed by atoms with Crippen molar-refractivity contribution in [2.24, 2.45) is 0 Å². The molecule has 0 saturated heterocycles. The number of likely N-dealkylation sites (N-methyl/N-ethyl adjacent to an activating group) is 1. The molecule has 0 aliphatic heterocycles. The fourth-order valence-electron chi connectivity index (χ4n) is 2.06. The van der Waals surface area contributed by atoms with E-state index in [9.17, 15) is 9.90 Å². The monoisotopic (exact) mass is 214 g/mol. The standard InChI is InChI=1S/C11H22N2O2/c1-13(2)9-10(14)12-8-7-11(15)5-3-4-6-11/h15H,3-9H2,1-2H3,(H,12,14). The van der Waals surface area contributed by atoms with Crippen LogP contribution in [0.25, 0.3) is 0 Å². The first-order valence-corrected chi connectivity index (χ1v) is 5.66. The third kappa shape index (κ3) is 4.62. The molecule has 1 aliphatic carbocycles. The molecule has 1 saturated carbocycles. The van der Waals surface area contributed by atoms with E-state index in [4.69, 9.17) is 0 Å². The number of carbonyl (C=O) groups is 1. The highest BCUT2D eigenvalue weighted by Gasteiger charge is 2.30. The number of aliphatic hydroxyl groups is 1. The number of amides is 1. The average molecular weight is 214 g/mol. The third-order valence-electron chi connectivity index (χ3n) is 2.91. The minimum absolute atomic E-state index is 0.0293. The molecule has 0 atom stereocenters. The van der Waals surface area contributed by atoms with Crippen molar-refractivity contribution in [3.63, 3.8) is 0 Å². The second-order valence-electron chi connectivity index (χ2n) is 4.77. The zero-order valence-electron chi connectivity index (χ0n) is 9.75. The van der Waals surface area contributed by atoms with E-state index >= 15 is 0 Å². The molecule has 0 unspecified atom stereocenters. The Balaban J connectivity index is 2.12. The van der Waals surface area contributed by atoms with Gasteiger partial charge in [-0.05, 0) is 33.4 Å². The van der Waals surface area contributed by atoms with Crippen LogP contribution >= 0.6 is 0 Å². The van der Waals surface area contributed by atoms with Crippen molar-refractivity contribution in [1.82, 2.24) is 10.2 Å². The highest BCUT2D eigenvalue weighted by Crippen LogP contribution is 2.31. The van der Waals surface area contributed by atoms with Gasteiger partial charge in [-0.2, -0.15) is 0 Å². The summed E-state index contributed by atoms with van der Waals surface area (Å²) in [7, 11) is 3.73. The van der Waals surface area contributed by atoms with Gasteiger partial charge in [-0.25, -0.2) is 0 Å². The average Bonchev–Trinajstić information content (AvgIpc) is 2.51. The summed E-state index contributed by atoms with van der Waals surface area (Å²) in [4.78, 5) is 13.1. The molecule has 0 aromatic rings. The van der Waals surface area contributed by atoms with Crippen LogP contribution in [0.5, 0.6) is 0 Å². The summed E-state index contributed by atoms with van der Waals surface area (Å²) >= 11 is 0. The van der Waals surface area contributed by atoms with E-state index in [1.54, 1.807) is 0 Å². The molecule has 0 aromatic heterocycles. The van der Waals surface area contributed by atoms with Gasteiger partial charge in [0.25, 0.3) is 0 Å². The predicted molar refractivity (Wildman–Crippen MR) is 59.6 cm³/mol. The minimum atomic E-state index is -0.509. The zero-order chi connectivity index (χ0) is 11.3. The lowest BCUT2D eigenvalue weighted by Crippen LogP contribution is -2.37. The summed E-state index contributed by atoms with van der Waals surface area (Å²) in [5.41, 5.74) is -0.509. The van der Waals surface area contributed by atoms with E-state index in [0.717, 1.165) is 25.7 Å². The zero-order valence-corrected chi connectivity index (χ0v) is 9.75. The lowest BCUT2D eigenvalue weighted by molar-refractivity contribution is -0.121. The lowest BCUT2D eigenvalue weighted by atomic mass is 9.98. The van der Waals surface area contributed by atoms with Gasteiger partial charge < -0.3 is 15.3 Å². The topological polar surface area (TPSA) is 52.6 Å². The molecule has 88 valence electrons. The number of carbonyl (C=O) groups excluding carboxylic acids is 1. The van der Waals surface area contributed by atoms with Crippen LogP contribution in [0.4, 0.5) is 0 Å². The smallest absolute Gasteiger partial charge is 0.234 e. The number of rotatable bonds is 5. The molecule has 0 aromatic carbocycles. The molecule has 0 spiro atoms. The van der Waals surface area contributed by atoms with Gasteiger partial charge >= 0.3 is 0 Å². The van der Waals surface area contributed by atoms with Gasteiger partial charge in [0.2, 0.25) is 5.91 Å². The maximum atomic E-state index is 11.3. The maximum Gasteiger partial charge on any atom is 0.234 e. The van der Waals surface area contributed by atoms with Gasteiger partial charge in [-0.1, -0.05) is 12.8 Å². The molecule has 0 heterocycles. The molecule has 2 N–H and O–H groups in total. The molecule has 0 radical (unpaired) electrons. The summed E-state index contributed by atoms with van der Waals surface area (Å²) in [6, 6.07) is 0. The number of hydrogen-bond donors (Lipinski definition) is 2. The molecule has 1 fully saturated rings. The van der Waals surface area contributed by atoms with Crippen LogP contribution < -0.4 is 5.32 Å². The largest absolute Gasteiger partial charge is 0.390 e. The Kier molecular flexibility index (Phi) is 4.54. The molecular weight excluding hydrogens is 192 g/mol. The van der Waals surface area contributed by atoms with Crippen LogP contribution in [-0.4, -0.2) is 48.7 Å². The molecular formula is C11H22N2O2. The Morgan fingerprint density at radius 2 is 2.00 bits per heavy atom. The quantitative estimate of drug-likeness (QED) is 0.695. The molecule has 4 heteroatoms. The number of nitrogens with one attached hydrogen (secondary N) is 1. The molecule has 0 bridgehead atoms.